The van der Waals surface area contributed by atoms with E-state index in [4.69, 9.17) is 0 Å². The third-order valence-electron chi connectivity index (χ3n) is 5.25. The first-order valence-corrected chi connectivity index (χ1v) is 10.6. The number of nitrogens with one attached hydrogen (secondary N) is 1. The van der Waals surface area contributed by atoms with Gasteiger partial charge in [-0.1, -0.05) is 0 Å². The maximum Gasteiger partial charge on any atom is 0.183 e. The highest BCUT2D eigenvalue weighted by Gasteiger charge is 2.22. The van der Waals surface area contributed by atoms with Gasteiger partial charge in [-0.05, 0) is 62.2 Å². The van der Waals surface area contributed by atoms with E-state index in [-0.39, 0.29) is 23.8 Å². The van der Waals surface area contributed by atoms with E-state index in [2.05, 4.69) is 15.2 Å². The van der Waals surface area contributed by atoms with Crippen molar-refractivity contribution >= 4 is 22.2 Å². The van der Waals surface area contributed by atoms with E-state index in [1.807, 2.05) is 18.4 Å². The highest BCUT2D eigenvalue weighted by Crippen LogP contribution is 2.33. The van der Waals surface area contributed by atoms with Gasteiger partial charge in [0.05, 0.1) is 17.8 Å². The van der Waals surface area contributed by atoms with Crippen molar-refractivity contribution < 1.29 is 13.9 Å². The molecular weight excluding hydrogens is 392 g/mol. The number of rotatable bonds is 5. The summed E-state index contributed by atoms with van der Waals surface area (Å²) in [6.45, 7) is 3.48. The third kappa shape index (κ3) is 4.57. The Hall–Kier alpha value is -2.51. The number of hydrogen-bond acceptors (Lipinski definition) is 5. The summed E-state index contributed by atoms with van der Waals surface area (Å²) in [5.41, 5.74) is 3.46. The SMILES string of the molecule is CC(Nc1nc(-c2ccc(F)cc2)cs1)c1cc(F)ccc1N1CCC(O)CC1. The quantitative estimate of drug-likeness (QED) is 0.600. The number of piperidine rings is 1. The van der Waals surface area contributed by atoms with Crippen molar-refractivity contribution in [1.82, 2.24) is 4.98 Å². The van der Waals surface area contributed by atoms with Crippen LogP contribution in [0.15, 0.2) is 47.8 Å². The minimum absolute atomic E-state index is 0.153. The predicted molar refractivity (Wildman–Crippen MR) is 113 cm³/mol. The van der Waals surface area contributed by atoms with Crippen molar-refractivity contribution in [2.75, 3.05) is 23.3 Å². The molecule has 2 N–H and O–H groups in total. The smallest absolute Gasteiger partial charge is 0.183 e. The van der Waals surface area contributed by atoms with Gasteiger partial charge in [0, 0.05) is 35.3 Å². The average molecular weight is 416 g/mol. The number of halogens is 2. The van der Waals surface area contributed by atoms with Gasteiger partial charge in [-0.3, -0.25) is 0 Å². The van der Waals surface area contributed by atoms with Crippen LogP contribution < -0.4 is 10.2 Å². The van der Waals surface area contributed by atoms with E-state index in [0.29, 0.717) is 12.8 Å². The summed E-state index contributed by atoms with van der Waals surface area (Å²) in [6.07, 6.45) is 1.17. The predicted octanol–water partition coefficient (Wildman–Crippen LogP) is 5.22. The normalized spacial score (nSPS) is 16.1. The molecule has 1 atom stereocenters. The molecule has 2 heterocycles. The molecule has 152 valence electrons. The molecule has 1 fully saturated rings. The Kier molecular flexibility index (Phi) is 5.78. The first-order chi connectivity index (χ1) is 14.0. The highest BCUT2D eigenvalue weighted by atomic mass is 32.1. The minimum atomic E-state index is -0.278. The Morgan fingerprint density at radius 1 is 1.10 bits per heavy atom. The number of hydrogen-bond donors (Lipinski definition) is 2. The molecule has 1 unspecified atom stereocenters. The van der Waals surface area contributed by atoms with Gasteiger partial charge in [-0.25, -0.2) is 13.8 Å². The van der Waals surface area contributed by atoms with Crippen molar-refractivity contribution in [1.29, 1.82) is 0 Å². The minimum Gasteiger partial charge on any atom is -0.393 e. The molecule has 0 aliphatic carbocycles. The molecule has 3 aromatic rings. The lowest BCUT2D eigenvalue weighted by Gasteiger charge is -2.34. The summed E-state index contributed by atoms with van der Waals surface area (Å²) in [6, 6.07) is 10.9. The summed E-state index contributed by atoms with van der Waals surface area (Å²) in [5, 5.41) is 15.8. The van der Waals surface area contributed by atoms with Crippen LogP contribution in [0.3, 0.4) is 0 Å². The molecule has 29 heavy (non-hydrogen) atoms. The van der Waals surface area contributed by atoms with Crippen LogP contribution in [0.25, 0.3) is 11.3 Å². The third-order valence-corrected chi connectivity index (χ3v) is 6.02. The Morgan fingerprint density at radius 3 is 2.52 bits per heavy atom. The summed E-state index contributed by atoms with van der Waals surface area (Å²) in [4.78, 5) is 6.79. The van der Waals surface area contributed by atoms with Crippen LogP contribution in [0.5, 0.6) is 0 Å². The van der Waals surface area contributed by atoms with Gasteiger partial charge < -0.3 is 15.3 Å². The van der Waals surface area contributed by atoms with Crippen molar-refractivity contribution in [3.05, 3.63) is 65.0 Å². The molecule has 0 spiro atoms. The van der Waals surface area contributed by atoms with Crippen LogP contribution in [0.1, 0.15) is 31.4 Å². The van der Waals surface area contributed by atoms with Crippen molar-refractivity contribution in [3.63, 3.8) is 0 Å². The second-order valence-electron chi connectivity index (χ2n) is 7.33. The Morgan fingerprint density at radius 2 is 1.79 bits per heavy atom. The Labute approximate surface area is 172 Å². The largest absolute Gasteiger partial charge is 0.393 e. The van der Waals surface area contributed by atoms with Crippen molar-refractivity contribution in [2.45, 2.75) is 31.9 Å². The van der Waals surface area contributed by atoms with E-state index in [1.165, 1.54) is 29.5 Å². The molecule has 1 saturated heterocycles. The van der Waals surface area contributed by atoms with Crippen LogP contribution in [0, 0.1) is 11.6 Å². The van der Waals surface area contributed by atoms with Crippen molar-refractivity contribution in [3.8, 4) is 11.3 Å². The fourth-order valence-electron chi connectivity index (χ4n) is 3.62. The molecular formula is C22H23F2N3OS. The summed E-state index contributed by atoms with van der Waals surface area (Å²) in [7, 11) is 0. The number of aliphatic hydroxyl groups is 1. The van der Waals surface area contributed by atoms with Crippen LogP contribution in [0.2, 0.25) is 0 Å². The maximum absolute atomic E-state index is 14.0. The zero-order valence-electron chi connectivity index (χ0n) is 16.1. The number of aromatic nitrogens is 1. The first kappa shape index (κ1) is 19.8. The van der Waals surface area contributed by atoms with E-state index in [9.17, 15) is 13.9 Å². The fraction of sp³-hybridized carbons (Fsp3) is 0.318. The molecule has 1 aromatic heterocycles. The number of anilines is 2. The average Bonchev–Trinajstić information content (AvgIpc) is 3.17. The number of thiazole rings is 1. The zero-order valence-corrected chi connectivity index (χ0v) is 16.9. The molecule has 4 rings (SSSR count). The molecule has 0 amide bonds. The zero-order chi connectivity index (χ0) is 20.4. The van der Waals surface area contributed by atoms with Gasteiger partial charge in [-0.15, -0.1) is 11.3 Å². The Bertz CT molecular complexity index is 968. The van der Waals surface area contributed by atoms with Gasteiger partial charge in [0.2, 0.25) is 0 Å². The molecule has 0 saturated carbocycles. The topological polar surface area (TPSA) is 48.4 Å². The molecule has 1 aliphatic heterocycles. The lowest BCUT2D eigenvalue weighted by atomic mass is 10.0. The first-order valence-electron chi connectivity index (χ1n) is 9.70. The summed E-state index contributed by atoms with van der Waals surface area (Å²) >= 11 is 1.46. The van der Waals surface area contributed by atoms with Gasteiger partial charge in [-0.2, -0.15) is 0 Å². The van der Waals surface area contributed by atoms with Crippen LogP contribution in [0.4, 0.5) is 19.6 Å². The molecule has 0 bridgehead atoms. The number of aliphatic hydroxyl groups excluding tert-OH is 1. The maximum atomic E-state index is 14.0. The number of benzene rings is 2. The molecule has 7 heteroatoms. The van der Waals surface area contributed by atoms with E-state index in [1.54, 1.807) is 18.2 Å². The van der Waals surface area contributed by atoms with Gasteiger partial charge >= 0.3 is 0 Å². The van der Waals surface area contributed by atoms with Gasteiger partial charge in [0.1, 0.15) is 11.6 Å². The van der Waals surface area contributed by atoms with Crippen molar-refractivity contribution in [2.24, 2.45) is 0 Å². The van der Waals surface area contributed by atoms with Gasteiger partial charge in [0.15, 0.2) is 5.13 Å². The fourth-order valence-corrected chi connectivity index (χ4v) is 4.43. The second kappa shape index (κ2) is 8.47. The van der Waals surface area contributed by atoms with Crippen LogP contribution >= 0.6 is 11.3 Å². The second-order valence-corrected chi connectivity index (χ2v) is 8.19. The van der Waals surface area contributed by atoms with Crippen LogP contribution in [-0.4, -0.2) is 29.3 Å². The lowest BCUT2D eigenvalue weighted by Crippen LogP contribution is -2.36. The standard InChI is InChI=1S/C22H23F2N3OS/c1-14(25-22-26-20(13-29-22)15-2-4-16(23)5-3-15)19-12-17(24)6-7-21(19)27-10-8-18(28)9-11-27/h2-7,12-14,18,28H,8-11H2,1H3,(H,25,26). The van der Waals surface area contributed by atoms with Crippen LogP contribution in [-0.2, 0) is 0 Å². The lowest BCUT2D eigenvalue weighted by molar-refractivity contribution is 0.145. The van der Waals surface area contributed by atoms with E-state index < -0.39 is 0 Å². The monoisotopic (exact) mass is 415 g/mol. The Balaban J connectivity index is 1.53. The van der Waals surface area contributed by atoms with E-state index >= 15 is 0 Å². The summed E-state index contributed by atoms with van der Waals surface area (Å²) < 4.78 is 27.1. The van der Waals surface area contributed by atoms with Gasteiger partial charge in [0.25, 0.3) is 0 Å². The molecule has 2 aromatic carbocycles. The van der Waals surface area contributed by atoms with E-state index in [0.717, 1.165) is 40.7 Å². The highest BCUT2D eigenvalue weighted by molar-refractivity contribution is 7.14. The number of nitrogens with zero attached hydrogens (tertiary/aromatic N) is 2. The molecule has 1 aliphatic rings. The molecule has 4 nitrogen and oxygen atoms in total. The molecule has 0 radical (unpaired) electrons. The summed E-state index contributed by atoms with van der Waals surface area (Å²) in [5.74, 6) is -0.555.